The third-order valence-electron chi connectivity index (χ3n) is 2.33. The summed E-state index contributed by atoms with van der Waals surface area (Å²) >= 11 is 0. The number of amides is 2. The van der Waals surface area contributed by atoms with Crippen molar-refractivity contribution >= 4 is 11.8 Å². The van der Waals surface area contributed by atoms with Crippen molar-refractivity contribution in [2.24, 2.45) is 0 Å². The standard InChI is InChI=1S/C12H24N2O2/c1-3-5-6-7-8-10-12(16)14-13-11(15)9-4-2/h3-10H2,1-2H3,(H,13,15)(H,14,16). The summed E-state index contributed by atoms with van der Waals surface area (Å²) in [5.41, 5.74) is 4.82. The van der Waals surface area contributed by atoms with E-state index >= 15 is 0 Å². The van der Waals surface area contributed by atoms with Gasteiger partial charge in [-0.25, -0.2) is 0 Å². The summed E-state index contributed by atoms with van der Waals surface area (Å²) < 4.78 is 0. The zero-order valence-corrected chi connectivity index (χ0v) is 10.5. The molecule has 0 aliphatic heterocycles. The van der Waals surface area contributed by atoms with Gasteiger partial charge in [0.25, 0.3) is 0 Å². The molecule has 0 aromatic rings. The monoisotopic (exact) mass is 228 g/mol. The predicted octanol–water partition coefficient (Wildman–Crippen LogP) is 2.29. The van der Waals surface area contributed by atoms with Crippen LogP contribution < -0.4 is 10.9 Å². The first-order chi connectivity index (χ1) is 7.70. The van der Waals surface area contributed by atoms with E-state index in [1.165, 1.54) is 19.3 Å². The zero-order valence-electron chi connectivity index (χ0n) is 10.5. The minimum atomic E-state index is -0.123. The fourth-order valence-corrected chi connectivity index (χ4v) is 1.38. The lowest BCUT2D eigenvalue weighted by Gasteiger charge is -2.06. The lowest BCUT2D eigenvalue weighted by molar-refractivity contribution is -0.129. The normalized spacial score (nSPS) is 9.88. The van der Waals surface area contributed by atoms with Crippen molar-refractivity contribution < 1.29 is 9.59 Å². The highest BCUT2D eigenvalue weighted by Crippen LogP contribution is 2.04. The molecular weight excluding hydrogens is 204 g/mol. The maximum atomic E-state index is 11.3. The number of rotatable bonds is 8. The summed E-state index contributed by atoms with van der Waals surface area (Å²) in [6.07, 6.45) is 7.35. The highest BCUT2D eigenvalue weighted by Gasteiger charge is 2.02. The van der Waals surface area contributed by atoms with Crippen molar-refractivity contribution in [1.82, 2.24) is 10.9 Å². The molecule has 0 unspecified atom stereocenters. The Kier molecular flexibility index (Phi) is 9.76. The lowest BCUT2D eigenvalue weighted by atomic mass is 10.1. The van der Waals surface area contributed by atoms with Gasteiger partial charge in [-0.3, -0.25) is 20.4 Å². The van der Waals surface area contributed by atoms with Crippen molar-refractivity contribution in [3.8, 4) is 0 Å². The van der Waals surface area contributed by atoms with Crippen LogP contribution in [0.4, 0.5) is 0 Å². The molecule has 0 spiro atoms. The molecule has 0 atom stereocenters. The van der Waals surface area contributed by atoms with E-state index in [1.807, 2.05) is 6.92 Å². The molecule has 0 saturated carbocycles. The molecule has 4 heteroatoms. The molecular formula is C12H24N2O2. The van der Waals surface area contributed by atoms with Gasteiger partial charge in [-0.15, -0.1) is 0 Å². The van der Waals surface area contributed by atoms with Crippen LogP contribution in [0.25, 0.3) is 0 Å². The van der Waals surface area contributed by atoms with E-state index in [9.17, 15) is 9.59 Å². The third kappa shape index (κ3) is 9.49. The predicted molar refractivity (Wildman–Crippen MR) is 64.6 cm³/mol. The number of hydrogen-bond acceptors (Lipinski definition) is 2. The van der Waals surface area contributed by atoms with Gasteiger partial charge in [0.1, 0.15) is 0 Å². The second-order valence-electron chi connectivity index (χ2n) is 4.01. The van der Waals surface area contributed by atoms with Crippen LogP contribution in [-0.4, -0.2) is 11.8 Å². The van der Waals surface area contributed by atoms with Crippen LogP contribution in [0.15, 0.2) is 0 Å². The number of hydrazine groups is 1. The second kappa shape index (κ2) is 10.5. The second-order valence-corrected chi connectivity index (χ2v) is 4.01. The van der Waals surface area contributed by atoms with Gasteiger partial charge in [-0.1, -0.05) is 39.5 Å². The number of hydrogen-bond donors (Lipinski definition) is 2. The summed E-state index contributed by atoms with van der Waals surface area (Å²) in [7, 11) is 0. The third-order valence-corrected chi connectivity index (χ3v) is 2.33. The summed E-state index contributed by atoms with van der Waals surface area (Å²) in [5, 5.41) is 0. The smallest absolute Gasteiger partial charge is 0.238 e. The molecule has 0 fully saturated rings. The Morgan fingerprint density at radius 1 is 0.750 bits per heavy atom. The van der Waals surface area contributed by atoms with Crippen LogP contribution in [0.1, 0.15) is 65.2 Å². The van der Waals surface area contributed by atoms with Gasteiger partial charge in [-0.05, 0) is 12.8 Å². The van der Waals surface area contributed by atoms with Gasteiger partial charge < -0.3 is 0 Å². The van der Waals surface area contributed by atoms with Gasteiger partial charge in [-0.2, -0.15) is 0 Å². The van der Waals surface area contributed by atoms with Gasteiger partial charge >= 0.3 is 0 Å². The number of carbonyl (C=O) groups excluding carboxylic acids is 2. The Hall–Kier alpha value is -1.06. The van der Waals surface area contributed by atoms with Crippen molar-refractivity contribution in [3.63, 3.8) is 0 Å². The van der Waals surface area contributed by atoms with E-state index in [-0.39, 0.29) is 11.8 Å². The molecule has 4 nitrogen and oxygen atoms in total. The maximum Gasteiger partial charge on any atom is 0.238 e. The first-order valence-electron chi connectivity index (χ1n) is 6.28. The fourth-order valence-electron chi connectivity index (χ4n) is 1.38. The molecule has 2 amide bonds. The Morgan fingerprint density at radius 3 is 1.88 bits per heavy atom. The minimum absolute atomic E-state index is 0.0963. The van der Waals surface area contributed by atoms with Crippen molar-refractivity contribution in [2.75, 3.05) is 0 Å². The summed E-state index contributed by atoms with van der Waals surface area (Å²) in [4.78, 5) is 22.3. The molecule has 0 radical (unpaired) electrons. The Bertz CT molecular complexity index is 205. The Balaban J connectivity index is 3.34. The minimum Gasteiger partial charge on any atom is -0.273 e. The van der Waals surface area contributed by atoms with Crippen LogP contribution in [-0.2, 0) is 9.59 Å². The molecule has 0 aliphatic carbocycles. The molecule has 0 aliphatic rings. The van der Waals surface area contributed by atoms with E-state index in [0.29, 0.717) is 12.8 Å². The van der Waals surface area contributed by atoms with Gasteiger partial charge in [0.2, 0.25) is 11.8 Å². The first-order valence-corrected chi connectivity index (χ1v) is 6.28. The van der Waals surface area contributed by atoms with Crippen molar-refractivity contribution in [3.05, 3.63) is 0 Å². The molecule has 16 heavy (non-hydrogen) atoms. The SMILES string of the molecule is CCCCCCCC(=O)NNC(=O)CCC. The average Bonchev–Trinajstić information content (AvgIpc) is 2.26. The molecule has 0 saturated heterocycles. The fraction of sp³-hybridized carbons (Fsp3) is 0.833. The van der Waals surface area contributed by atoms with Crippen LogP contribution in [0.5, 0.6) is 0 Å². The zero-order chi connectivity index (χ0) is 12.2. The number of carbonyl (C=O) groups is 2. The van der Waals surface area contributed by atoms with Crippen LogP contribution >= 0.6 is 0 Å². The van der Waals surface area contributed by atoms with Crippen LogP contribution in [0.2, 0.25) is 0 Å². The molecule has 2 N–H and O–H groups in total. The van der Waals surface area contributed by atoms with E-state index < -0.39 is 0 Å². The lowest BCUT2D eigenvalue weighted by Crippen LogP contribution is -2.41. The van der Waals surface area contributed by atoms with E-state index in [4.69, 9.17) is 0 Å². The summed E-state index contributed by atoms with van der Waals surface area (Å²) in [6.45, 7) is 4.09. The van der Waals surface area contributed by atoms with Crippen molar-refractivity contribution in [1.29, 1.82) is 0 Å². The molecule has 0 aromatic heterocycles. The molecule has 94 valence electrons. The molecule has 0 aromatic carbocycles. The van der Waals surface area contributed by atoms with Crippen molar-refractivity contribution in [2.45, 2.75) is 65.2 Å². The van der Waals surface area contributed by atoms with Gasteiger partial charge in [0.15, 0.2) is 0 Å². The highest BCUT2D eigenvalue weighted by molar-refractivity contribution is 5.81. The summed E-state index contributed by atoms with van der Waals surface area (Å²) in [6, 6.07) is 0. The summed E-state index contributed by atoms with van der Waals surface area (Å²) in [5.74, 6) is -0.220. The molecule has 0 bridgehead atoms. The quantitative estimate of drug-likeness (QED) is 0.494. The average molecular weight is 228 g/mol. The van der Waals surface area contributed by atoms with Crippen LogP contribution in [0, 0.1) is 0 Å². The number of unbranched alkanes of at least 4 members (excludes halogenated alkanes) is 4. The largest absolute Gasteiger partial charge is 0.273 e. The molecule has 0 heterocycles. The van der Waals surface area contributed by atoms with E-state index in [0.717, 1.165) is 19.3 Å². The first kappa shape index (κ1) is 14.9. The Labute approximate surface area is 98.1 Å². The van der Waals surface area contributed by atoms with E-state index in [1.54, 1.807) is 0 Å². The van der Waals surface area contributed by atoms with Gasteiger partial charge in [0.05, 0.1) is 0 Å². The van der Waals surface area contributed by atoms with Gasteiger partial charge in [0, 0.05) is 12.8 Å². The topological polar surface area (TPSA) is 58.2 Å². The van der Waals surface area contributed by atoms with E-state index in [2.05, 4.69) is 17.8 Å². The molecule has 0 rings (SSSR count). The Morgan fingerprint density at radius 2 is 1.31 bits per heavy atom. The van der Waals surface area contributed by atoms with Crippen LogP contribution in [0.3, 0.4) is 0 Å². The highest BCUT2D eigenvalue weighted by atomic mass is 16.2. The number of nitrogens with one attached hydrogen (secondary N) is 2. The maximum absolute atomic E-state index is 11.3.